The molecule has 0 spiro atoms. The second-order valence-corrected chi connectivity index (χ2v) is 16.3. The molecule has 0 radical (unpaired) electrons. The minimum Gasteiger partial charge on any atom is -0.508 e. The number of methoxy groups -OCH3 is 1. The molecule has 0 aromatic heterocycles. The van der Waals surface area contributed by atoms with Crippen molar-refractivity contribution in [1.82, 2.24) is 0 Å². The standard InChI is InChI=1S/C25H32O3.C24H26O4/c1-15-11-17(3)24(5,21(27)13-15)23(19-9-7-8-10-20(19)26)25(6)18(4)12-16(2)14-22(25)28;1-13-8-18(9-14(2)23(13)26)22(17-6-7-20(25)21(12-17)28-5)19-10-15(3)24(27)16(4)11-19/h7-14,21-23,26-28H,1-6H3;6-12,22,25-27H,1-5H3. The molecule has 6 rings (SSSR count). The molecule has 4 unspecified atom stereocenters. The lowest BCUT2D eigenvalue weighted by molar-refractivity contribution is -0.00536. The lowest BCUT2D eigenvalue weighted by Gasteiger charge is -2.54. The van der Waals surface area contributed by atoms with Gasteiger partial charge in [0.25, 0.3) is 0 Å². The SMILES string of the molecule is CC1=CC(O)C(C)(C(c2ccccc2O)C2(C)C(C)=CC(C)=CC2O)C(C)=C1.COc1cc(C(c2cc(C)c(O)c(C)c2)c2cc(C)c(O)c(C)c2)ccc1O. The van der Waals surface area contributed by atoms with E-state index >= 15 is 0 Å². The van der Waals surface area contributed by atoms with E-state index < -0.39 is 23.0 Å². The second-order valence-electron chi connectivity index (χ2n) is 16.3. The largest absolute Gasteiger partial charge is 0.508 e. The summed E-state index contributed by atoms with van der Waals surface area (Å²) in [7, 11) is 1.53. The molecule has 2 aliphatic rings. The number of aliphatic hydroxyl groups is 2. The molecule has 0 saturated heterocycles. The Bertz CT molecular complexity index is 2100. The molecular formula is C49H58O7. The van der Waals surface area contributed by atoms with Crippen molar-refractivity contribution < 1.29 is 35.4 Å². The van der Waals surface area contributed by atoms with Crippen LogP contribution in [0.2, 0.25) is 0 Å². The van der Waals surface area contributed by atoms with E-state index in [1.54, 1.807) is 18.2 Å². The molecule has 0 amide bonds. The van der Waals surface area contributed by atoms with Gasteiger partial charge in [-0.25, -0.2) is 0 Å². The molecule has 4 aromatic rings. The molecule has 0 heterocycles. The maximum Gasteiger partial charge on any atom is 0.160 e. The third-order valence-electron chi connectivity index (χ3n) is 12.3. The van der Waals surface area contributed by atoms with Crippen molar-refractivity contribution >= 4 is 0 Å². The summed E-state index contributed by atoms with van der Waals surface area (Å²) in [5.74, 6) is 0.779. The quantitative estimate of drug-likeness (QED) is 0.103. The van der Waals surface area contributed by atoms with Crippen molar-refractivity contribution in [3.05, 3.63) is 158 Å². The van der Waals surface area contributed by atoms with Gasteiger partial charge in [-0.1, -0.05) is 109 Å². The van der Waals surface area contributed by atoms with Gasteiger partial charge in [-0.05, 0) is 118 Å². The molecule has 0 fully saturated rings. The summed E-state index contributed by atoms with van der Waals surface area (Å²) in [5.41, 5.74) is 9.69. The van der Waals surface area contributed by atoms with Gasteiger partial charge in [-0.15, -0.1) is 0 Å². The van der Waals surface area contributed by atoms with E-state index in [1.165, 1.54) is 7.11 Å². The van der Waals surface area contributed by atoms with Gasteiger partial charge in [0.15, 0.2) is 11.5 Å². The second kappa shape index (κ2) is 16.1. The first-order valence-corrected chi connectivity index (χ1v) is 19.1. The van der Waals surface area contributed by atoms with Gasteiger partial charge in [-0.2, -0.15) is 0 Å². The van der Waals surface area contributed by atoms with Crippen molar-refractivity contribution in [1.29, 1.82) is 0 Å². The number of phenols is 4. The highest BCUT2D eigenvalue weighted by Crippen LogP contribution is 2.61. The maximum atomic E-state index is 11.2. The highest BCUT2D eigenvalue weighted by atomic mass is 16.5. The van der Waals surface area contributed by atoms with Gasteiger partial charge >= 0.3 is 0 Å². The van der Waals surface area contributed by atoms with Crippen LogP contribution in [0.4, 0.5) is 0 Å². The molecule has 4 atom stereocenters. The number of phenolic OH excluding ortho intramolecular Hbond substituents is 4. The van der Waals surface area contributed by atoms with Crippen molar-refractivity contribution in [3.8, 4) is 28.7 Å². The molecule has 0 aliphatic heterocycles. The summed E-state index contributed by atoms with van der Waals surface area (Å²) in [6.07, 6.45) is 6.48. The Hall–Kier alpha value is -5.24. The summed E-state index contributed by atoms with van der Waals surface area (Å²) in [5, 5.41) is 63.7. The van der Waals surface area contributed by atoms with Gasteiger partial charge in [0.1, 0.15) is 17.2 Å². The number of benzene rings is 4. The third-order valence-corrected chi connectivity index (χ3v) is 12.3. The number of hydrogen-bond donors (Lipinski definition) is 6. The summed E-state index contributed by atoms with van der Waals surface area (Å²) < 4.78 is 5.31. The van der Waals surface area contributed by atoms with Gasteiger partial charge in [0.05, 0.1) is 19.3 Å². The van der Waals surface area contributed by atoms with E-state index in [1.807, 2.05) is 130 Å². The Balaban J connectivity index is 0.000000214. The molecule has 7 nitrogen and oxygen atoms in total. The minimum atomic E-state index is -0.731. The highest BCUT2D eigenvalue weighted by Gasteiger charge is 2.56. The zero-order valence-corrected chi connectivity index (χ0v) is 34.6. The average molecular weight is 759 g/mol. The van der Waals surface area contributed by atoms with Gasteiger partial charge in [-0.3, -0.25) is 0 Å². The molecule has 0 bridgehead atoms. The molecule has 6 N–H and O–H groups in total. The number of rotatable bonds is 7. The summed E-state index contributed by atoms with van der Waals surface area (Å²) in [6, 6.07) is 20.5. The van der Waals surface area contributed by atoms with E-state index in [0.717, 1.165) is 66.8 Å². The Morgan fingerprint density at radius 1 is 0.554 bits per heavy atom. The lowest BCUT2D eigenvalue weighted by Crippen LogP contribution is -2.51. The molecule has 0 saturated carbocycles. The van der Waals surface area contributed by atoms with Crippen LogP contribution in [-0.4, -0.2) is 50.0 Å². The smallest absolute Gasteiger partial charge is 0.160 e. The Kier molecular flexibility index (Phi) is 12.0. The van der Waals surface area contributed by atoms with Crippen molar-refractivity contribution in [2.75, 3.05) is 7.11 Å². The predicted octanol–water partition coefficient (Wildman–Crippen LogP) is 10.2. The number of hydrogen-bond acceptors (Lipinski definition) is 7. The zero-order valence-electron chi connectivity index (χ0n) is 34.6. The third kappa shape index (κ3) is 7.63. The van der Waals surface area contributed by atoms with Crippen LogP contribution >= 0.6 is 0 Å². The van der Waals surface area contributed by atoms with Crippen LogP contribution in [0.15, 0.2) is 113 Å². The number of allylic oxidation sites excluding steroid dienone is 4. The van der Waals surface area contributed by atoms with E-state index in [2.05, 4.69) is 12.2 Å². The number of para-hydroxylation sites is 1. The van der Waals surface area contributed by atoms with Crippen LogP contribution in [-0.2, 0) is 0 Å². The van der Waals surface area contributed by atoms with Crippen LogP contribution < -0.4 is 4.74 Å². The number of aromatic hydroxyl groups is 4. The first kappa shape index (κ1) is 41.9. The minimum absolute atomic E-state index is 0.0844. The zero-order chi connectivity index (χ0) is 41.4. The summed E-state index contributed by atoms with van der Waals surface area (Å²) in [6.45, 7) is 19.6. The van der Waals surface area contributed by atoms with Crippen LogP contribution in [0.3, 0.4) is 0 Å². The van der Waals surface area contributed by atoms with E-state index in [-0.39, 0.29) is 23.3 Å². The van der Waals surface area contributed by atoms with Gasteiger partial charge in [0.2, 0.25) is 0 Å². The van der Waals surface area contributed by atoms with Crippen LogP contribution in [0, 0.1) is 38.5 Å². The highest BCUT2D eigenvalue weighted by molar-refractivity contribution is 5.55. The number of ether oxygens (including phenoxy) is 1. The fraction of sp³-hybridized carbons (Fsp3) is 0.347. The predicted molar refractivity (Wildman–Crippen MR) is 225 cm³/mol. The molecule has 296 valence electrons. The lowest BCUT2D eigenvalue weighted by atomic mass is 9.51. The van der Waals surface area contributed by atoms with Gasteiger partial charge in [0, 0.05) is 22.7 Å². The number of aryl methyl sites for hydroxylation is 4. The first-order chi connectivity index (χ1) is 26.2. The monoisotopic (exact) mass is 758 g/mol. The van der Waals surface area contributed by atoms with Crippen LogP contribution in [0.1, 0.15) is 97.9 Å². The van der Waals surface area contributed by atoms with Crippen LogP contribution in [0.5, 0.6) is 28.7 Å². The molecule has 2 aliphatic carbocycles. The van der Waals surface area contributed by atoms with E-state index in [0.29, 0.717) is 17.2 Å². The van der Waals surface area contributed by atoms with Crippen molar-refractivity contribution in [2.24, 2.45) is 10.8 Å². The van der Waals surface area contributed by atoms with Crippen molar-refractivity contribution in [3.63, 3.8) is 0 Å². The van der Waals surface area contributed by atoms with Gasteiger partial charge < -0.3 is 35.4 Å². The Labute approximate surface area is 332 Å². The topological polar surface area (TPSA) is 131 Å². The van der Waals surface area contributed by atoms with Crippen molar-refractivity contribution in [2.45, 2.75) is 93.3 Å². The summed E-state index contributed by atoms with van der Waals surface area (Å²) in [4.78, 5) is 0. The first-order valence-electron chi connectivity index (χ1n) is 19.1. The Morgan fingerprint density at radius 2 is 0.982 bits per heavy atom. The number of aliphatic hydroxyl groups excluding tert-OH is 2. The molecule has 7 heteroatoms. The average Bonchev–Trinajstić information content (AvgIpc) is 3.13. The molecule has 4 aromatic carbocycles. The normalized spacial score (nSPS) is 22.6. The molecular weight excluding hydrogens is 701 g/mol. The Morgan fingerprint density at radius 3 is 1.38 bits per heavy atom. The van der Waals surface area contributed by atoms with Crippen LogP contribution in [0.25, 0.3) is 0 Å². The maximum absolute atomic E-state index is 11.2. The van der Waals surface area contributed by atoms with E-state index in [9.17, 15) is 30.6 Å². The van der Waals surface area contributed by atoms with E-state index in [4.69, 9.17) is 4.74 Å². The summed E-state index contributed by atoms with van der Waals surface area (Å²) >= 11 is 0. The fourth-order valence-corrected chi connectivity index (χ4v) is 8.96. The molecule has 56 heavy (non-hydrogen) atoms. The fourth-order valence-electron chi connectivity index (χ4n) is 8.96.